The Morgan fingerprint density at radius 2 is 0.879 bits per heavy atom. The van der Waals surface area contributed by atoms with Crippen LogP contribution in [-0.2, 0) is 32.7 Å². The number of phosphoric ester groups is 1. The number of carbonyl (C=O) groups is 2. The Labute approximate surface area is 358 Å². The van der Waals surface area contributed by atoms with Crippen LogP contribution < -0.4 is 4.89 Å². The van der Waals surface area contributed by atoms with Crippen molar-refractivity contribution in [3.63, 3.8) is 0 Å². The zero-order valence-corrected chi connectivity index (χ0v) is 39.4. The Bertz CT molecular complexity index is 1040. The minimum Gasteiger partial charge on any atom is -0.756 e. The first-order valence-corrected chi connectivity index (χ1v) is 25.5. The normalized spacial score (nSPS) is 13.7. The van der Waals surface area contributed by atoms with Gasteiger partial charge in [-0.2, -0.15) is 0 Å². The van der Waals surface area contributed by atoms with E-state index in [0.717, 1.165) is 51.4 Å². The van der Waals surface area contributed by atoms with Gasteiger partial charge in [-0.15, -0.1) is 0 Å². The van der Waals surface area contributed by atoms with Crippen molar-refractivity contribution in [3.05, 3.63) is 24.3 Å². The summed E-state index contributed by atoms with van der Waals surface area (Å²) in [7, 11) is 1.17. The molecule has 0 heterocycles. The molecule has 0 spiro atoms. The highest BCUT2D eigenvalue weighted by Gasteiger charge is 2.21. The Morgan fingerprint density at radius 1 is 0.517 bits per heavy atom. The smallest absolute Gasteiger partial charge is 0.306 e. The topological polar surface area (TPSA) is 111 Å². The predicted molar refractivity (Wildman–Crippen MR) is 241 cm³/mol. The summed E-state index contributed by atoms with van der Waals surface area (Å²) in [6.07, 6.45) is 44.8. The van der Waals surface area contributed by atoms with Crippen LogP contribution in [0.15, 0.2) is 24.3 Å². The maximum Gasteiger partial charge on any atom is 0.306 e. The molecule has 1 unspecified atom stereocenters. The van der Waals surface area contributed by atoms with Gasteiger partial charge in [-0.3, -0.25) is 14.2 Å². The van der Waals surface area contributed by atoms with Gasteiger partial charge in [0.05, 0.1) is 27.7 Å². The second-order valence-corrected chi connectivity index (χ2v) is 18.9. The minimum atomic E-state index is -4.63. The number of hydrogen-bond acceptors (Lipinski definition) is 8. The van der Waals surface area contributed by atoms with E-state index in [2.05, 4.69) is 38.2 Å². The lowest BCUT2D eigenvalue weighted by atomic mass is 10.1. The van der Waals surface area contributed by atoms with E-state index in [4.69, 9.17) is 18.5 Å². The van der Waals surface area contributed by atoms with E-state index in [1.807, 2.05) is 21.1 Å². The molecule has 0 aliphatic heterocycles. The monoisotopic (exact) mass is 842 g/mol. The number of rotatable bonds is 44. The fourth-order valence-corrected chi connectivity index (χ4v) is 7.37. The zero-order chi connectivity index (χ0) is 42.8. The largest absolute Gasteiger partial charge is 0.756 e. The molecular weight excluding hydrogens is 750 g/mol. The van der Waals surface area contributed by atoms with Gasteiger partial charge in [-0.05, 0) is 64.2 Å². The van der Waals surface area contributed by atoms with Crippen molar-refractivity contribution < 1.29 is 42.1 Å². The predicted octanol–water partition coefficient (Wildman–Crippen LogP) is 13.3. The molecule has 58 heavy (non-hydrogen) atoms. The molecule has 2 atom stereocenters. The van der Waals surface area contributed by atoms with Gasteiger partial charge < -0.3 is 27.9 Å². The fraction of sp³-hybridized carbons (Fsp3) is 0.875. The molecule has 0 radical (unpaired) electrons. The second kappa shape index (κ2) is 40.9. The third-order valence-corrected chi connectivity index (χ3v) is 11.4. The summed E-state index contributed by atoms with van der Waals surface area (Å²) in [5.41, 5.74) is 0. The second-order valence-electron chi connectivity index (χ2n) is 17.5. The maximum absolute atomic E-state index is 12.7. The Hall–Kier alpha value is -1.51. The van der Waals surface area contributed by atoms with Crippen LogP contribution in [0.3, 0.4) is 0 Å². The summed E-state index contributed by atoms with van der Waals surface area (Å²) < 4.78 is 34.0. The van der Waals surface area contributed by atoms with Crippen LogP contribution in [-0.4, -0.2) is 70.0 Å². The van der Waals surface area contributed by atoms with Crippen molar-refractivity contribution in [2.45, 2.75) is 225 Å². The molecule has 0 aromatic rings. The molecule has 0 rings (SSSR count). The Balaban J connectivity index is 4.29. The van der Waals surface area contributed by atoms with E-state index in [1.165, 1.54) is 135 Å². The number of esters is 2. The van der Waals surface area contributed by atoms with Gasteiger partial charge in [0.1, 0.15) is 19.8 Å². The van der Waals surface area contributed by atoms with Crippen LogP contribution in [0.5, 0.6) is 0 Å². The van der Waals surface area contributed by atoms with E-state index < -0.39 is 26.5 Å². The summed E-state index contributed by atoms with van der Waals surface area (Å²) >= 11 is 0. The fourth-order valence-electron chi connectivity index (χ4n) is 6.64. The van der Waals surface area contributed by atoms with Gasteiger partial charge in [-0.1, -0.05) is 167 Å². The van der Waals surface area contributed by atoms with Gasteiger partial charge in [-0.25, -0.2) is 0 Å². The highest BCUT2D eigenvalue weighted by molar-refractivity contribution is 7.45. The zero-order valence-electron chi connectivity index (χ0n) is 38.5. The van der Waals surface area contributed by atoms with Gasteiger partial charge in [0.15, 0.2) is 6.10 Å². The number of quaternary nitrogens is 1. The van der Waals surface area contributed by atoms with Gasteiger partial charge in [0, 0.05) is 12.8 Å². The minimum absolute atomic E-state index is 0.0304. The van der Waals surface area contributed by atoms with E-state index in [0.29, 0.717) is 17.4 Å². The molecule has 0 amide bonds. The number of phosphoric acid groups is 1. The third kappa shape index (κ3) is 44.1. The third-order valence-electron chi connectivity index (χ3n) is 10.4. The summed E-state index contributed by atoms with van der Waals surface area (Å²) in [6, 6.07) is 0. The van der Waals surface area contributed by atoms with Crippen molar-refractivity contribution in [1.82, 2.24) is 0 Å². The Kier molecular flexibility index (Phi) is 39.8. The highest BCUT2D eigenvalue weighted by Crippen LogP contribution is 2.38. The number of nitrogens with zero attached hydrogens (tertiary/aromatic N) is 1. The summed E-state index contributed by atoms with van der Waals surface area (Å²) in [4.78, 5) is 37.6. The van der Waals surface area contributed by atoms with Crippen molar-refractivity contribution in [2.75, 3.05) is 47.5 Å². The van der Waals surface area contributed by atoms with Crippen molar-refractivity contribution >= 4 is 19.8 Å². The lowest BCUT2D eigenvalue weighted by Gasteiger charge is -2.28. The quantitative estimate of drug-likeness (QED) is 0.0196. The molecule has 9 nitrogen and oxygen atoms in total. The maximum atomic E-state index is 12.7. The Morgan fingerprint density at radius 3 is 1.29 bits per heavy atom. The standard InChI is InChI=1S/C48H92NO8P/c1-6-8-10-12-14-16-18-20-22-24-26-28-30-32-34-36-38-40-47(50)54-44-46(45-56-58(52,53)55-43-42-49(3,4)5)57-48(51)41-39-37-35-33-31-29-27-25-23-21-19-17-15-13-11-9-7-2/h17,19-20,22,46H,6-16,18,21,23-45H2,1-5H3/b19-17+,22-20+/t46-/m1/s1. The van der Waals surface area contributed by atoms with Crippen LogP contribution in [0.2, 0.25) is 0 Å². The molecule has 0 aromatic carbocycles. The number of allylic oxidation sites excluding steroid dienone is 4. The summed E-state index contributed by atoms with van der Waals surface area (Å²) in [5, 5.41) is 0. The molecule has 0 saturated carbocycles. The highest BCUT2D eigenvalue weighted by atomic mass is 31.2. The summed E-state index contributed by atoms with van der Waals surface area (Å²) in [5.74, 6) is -0.834. The van der Waals surface area contributed by atoms with E-state index >= 15 is 0 Å². The first-order valence-electron chi connectivity index (χ1n) is 24.0. The number of likely N-dealkylation sites (N-methyl/N-ethyl adjacent to an activating group) is 1. The molecular formula is C48H92NO8P. The van der Waals surface area contributed by atoms with Gasteiger partial charge in [0.2, 0.25) is 0 Å². The van der Waals surface area contributed by atoms with Crippen LogP contribution in [0.1, 0.15) is 219 Å². The van der Waals surface area contributed by atoms with E-state index in [-0.39, 0.29) is 32.0 Å². The van der Waals surface area contributed by atoms with Crippen molar-refractivity contribution in [1.29, 1.82) is 0 Å². The molecule has 342 valence electrons. The van der Waals surface area contributed by atoms with Gasteiger partial charge in [0.25, 0.3) is 7.82 Å². The number of hydrogen-bond donors (Lipinski definition) is 0. The number of unbranched alkanes of at least 4 members (excludes halogenated alkanes) is 26. The molecule has 0 bridgehead atoms. The number of carbonyl (C=O) groups excluding carboxylic acids is 2. The van der Waals surface area contributed by atoms with Crippen LogP contribution in [0.25, 0.3) is 0 Å². The van der Waals surface area contributed by atoms with Crippen LogP contribution in [0.4, 0.5) is 0 Å². The van der Waals surface area contributed by atoms with Crippen molar-refractivity contribution in [3.8, 4) is 0 Å². The van der Waals surface area contributed by atoms with Crippen LogP contribution in [0, 0.1) is 0 Å². The van der Waals surface area contributed by atoms with Crippen molar-refractivity contribution in [2.24, 2.45) is 0 Å². The van der Waals surface area contributed by atoms with Crippen LogP contribution >= 0.6 is 7.82 Å². The first kappa shape index (κ1) is 56.5. The molecule has 0 N–H and O–H groups in total. The van der Waals surface area contributed by atoms with E-state index in [1.54, 1.807) is 0 Å². The molecule has 0 saturated heterocycles. The molecule has 10 heteroatoms. The molecule has 0 aliphatic rings. The molecule has 0 aromatic heterocycles. The SMILES string of the molecule is CCCCCC/C=C/CCCCCCCCCCCC(=O)O[C@H](COC(=O)CCCCCCCCC/C=C/CCCCCCCC)COP(=O)([O-])OCC[N+](C)(C)C. The van der Waals surface area contributed by atoms with Gasteiger partial charge >= 0.3 is 11.9 Å². The molecule has 0 aliphatic carbocycles. The lowest BCUT2D eigenvalue weighted by Crippen LogP contribution is -2.37. The molecule has 0 fully saturated rings. The summed E-state index contributed by atoms with van der Waals surface area (Å²) in [6.45, 7) is 4.23. The average Bonchev–Trinajstić information content (AvgIpc) is 3.17. The lowest BCUT2D eigenvalue weighted by molar-refractivity contribution is -0.870. The average molecular weight is 842 g/mol. The number of ether oxygens (including phenoxy) is 2. The van der Waals surface area contributed by atoms with E-state index in [9.17, 15) is 19.0 Å². The first-order chi connectivity index (χ1) is 28.0.